The van der Waals surface area contributed by atoms with Gasteiger partial charge < -0.3 is 10.6 Å². The summed E-state index contributed by atoms with van der Waals surface area (Å²) in [6, 6.07) is 4.81. The third kappa shape index (κ3) is 3.18. The summed E-state index contributed by atoms with van der Waals surface area (Å²) < 4.78 is 1.74. The Balaban J connectivity index is 2.06. The number of aromatic nitrogens is 3. The highest BCUT2D eigenvalue weighted by Crippen LogP contribution is 2.23. The summed E-state index contributed by atoms with van der Waals surface area (Å²) in [6.07, 6.45) is 3.51. The van der Waals surface area contributed by atoms with Crippen molar-refractivity contribution in [3.05, 3.63) is 40.7 Å². The van der Waals surface area contributed by atoms with Crippen molar-refractivity contribution in [1.29, 1.82) is 0 Å². The minimum Gasteiger partial charge on any atom is -0.373 e. The van der Waals surface area contributed by atoms with E-state index in [4.69, 9.17) is 0 Å². The van der Waals surface area contributed by atoms with Crippen LogP contribution in [0.25, 0.3) is 0 Å². The number of pyridine rings is 1. The number of hydrogen-bond acceptors (Lipinski definition) is 6. The maximum Gasteiger partial charge on any atom is 0.311 e. The van der Waals surface area contributed by atoms with E-state index in [1.807, 2.05) is 12.3 Å². The first-order valence-corrected chi connectivity index (χ1v) is 5.75. The van der Waals surface area contributed by atoms with Crippen LogP contribution in [0.3, 0.4) is 0 Å². The van der Waals surface area contributed by atoms with E-state index < -0.39 is 4.92 Å². The number of rotatable bonds is 6. The van der Waals surface area contributed by atoms with Crippen LogP contribution in [0.2, 0.25) is 0 Å². The van der Waals surface area contributed by atoms with Crippen molar-refractivity contribution >= 4 is 17.3 Å². The van der Waals surface area contributed by atoms with Crippen LogP contribution in [0, 0.1) is 10.1 Å². The lowest BCUT2D eigenvalue weighted by atomic mass is 10.3. The molecule has 0 unspecified atom stereocenters. The highest BCUT2D eigenvalue weighted by atomic mass is 16.6. The van der Waals surface area contributed by atoms with Gasteiger partial charge in [-0.15, -0.1) is 0 Å². The molecular weight excluding hydrogens is 248 g/mol. The van der Waals surface area contributed by atoms with Crippen molar-refractivity contribution in [2.45, 2.75) is 6.54 Å². The smallest absolute Gasteiger partial charge is 0.311 e. The fourth-order valence-corrected chi connectivity index (χ4v) is 1.59. The highest BCUT2D eigenvalue weighted by Gasteiger charge is 2.15. The molecular formula is C11H14N6O2. The molecule has 0 saturated heterocycles. The number of nitrogens with one attached hydrogen (secondary N) is 2. The monoisotopic (exact) mass is 262 g/mol. The van der Waals surface area contributed by atoms with Crippen molar-refractivity contribution in [3.63, 3.8) is 0 Å². The summed E-state index contributed by atoms with van der Waals surface area (Å²) >= 11 is 0. The molecule has 8 nitrogen and oxygen atoms in total. The molecule has 2 aromatic heterocycles. The van der Waals surface area contributed by atoms with Gasteiger partial charge in [0.15, 0.2) is 0 Å². The van der Waals surface area contributed by atoms with Gasteiger partial charge in [0.2, 0.25) is 5.82 Å². The first kappa shape index (κ1) is 12.8. The first-order chi connectivity index (χ1) is 9.20. The Morgan fingerprint density at radius 2 is 2.32 bits per heavy atom. The van der Waals surface area contributed by atoms with Crippen molar-refractivity contribution < 1.29 is 4.92 Å². The second-order valence-corrected chi connectivity index (χ2v) is 3.77. The average Bonchev–Trinajstić information content (AvgIpc) is 2.91. The SMILES string of the molecule is CNc1ccc([N+](=O)[O-])c(NCCn2cccn2)n1. The maximum absolute atomic E-state index is 10.9. The fourth-order valence-electron chi connectivity index (χ4n) is 1.59. The van der Waals surface area contributed by atoms with E-state index >= 15 is 0 Å². The Hall–Kier alpha value is -2.64. The third-order valence-corrected chi connectivity index (χ3v) is 2.52. The molecule has 100 valence electrons. The first-order valence-electron chi connectivity index (χ1n) is 5.75. The lowest BCUT2D eigenvalue weighted by Crippen LogP contribution is -2.13. The normalized spacial score (nSPS) is 10.2. The topological polar surface area (TPSA) is 97.9 Å². The molecule has 0 aliphatic carbocycles. The van der Waals surface area contributed by atoms with Gasteiger partial charge in [0, 0.05) is 32.1 Å². The zero-order valence-electron chi connectivity index (χ0n) is 10.4. The van der Waals surface area contributed by atoms with Crippen LogP contribution in [-0.2, 0) is 6.54 Å². The van der Waals surface area contributed by atoms with Crippen LogP contribution in [-0.4, -0.2) is 33.3 Å². The summed E-state index contributed by atoms with van der Waals surface area (Å²) in [5.41, 5.74) is -0.0422. The van der Waals surface area contributed by atoms with Gasteiger partial charge in [-0.1, -0.05) is 0 Å². The van der Waals surface area contributed by atoms with E-state index in [0.717, 1.165) is 0 Å². The molecule has 19 heavy (non-hydrogen) atoms. The largest absolute Gasteiger partial charge is 0.373 e. The maximum atomic E-state index is 10.9. The molecule has 0 fully saturated rings. The van der Waals surface area contributed by atoms with Crippen LogP contribution < -0.4 is 10.6 Å². The van der Waals surface area contributed by atoms with Gasteiger partial charge in [0.25, 0.3) is 0 Å². The Labute approximate surface area is 109 Å². The van der Waals surface area contributed by atoms with Crippen LogP contribution in [0.1, 0.15) is 0 Å². The minimum absolute atomic E-state index is 0.0422. The van der Waals surface area contributed by atoms with Crippen LogP contribution in [0.5, 0.6) is 0 Å². The zero-order valence-corrected chi connectivity index (χ0v) is 10.4. The second-order valence-electron chi connectivity index (χ2n) is 3.77. The van der Waals surface area contributed by atoms with E-state index in [2.05, 4.69) is 20.7 Å². The Bertz CT molecular complexity index is 554. The van der Waals surface area contributed by atoms with Gasteiger partial charge in [0.1, 0.15) is 5.82 Å². The van der Waals surface area contributed by atoms with Gasteiger partial charge in [-0.2, -0.15) is 5.10 Å². The molecule has 2 N–H and O–H groups in total. The standard InChI is InChI=1S/C11H14N6O2/c1-12-10-4-3-9(17(18)19)11(15-10)13-6-8-16-7-2-5-14-16/h2-5,7H,6,8H2,1H3,(H2,12,13,15). The Kier molecular flexibility index (Phi) is 3.91. The molecule has 0 atom stereocenters. The van der Waals surface area contributed by atoms with Crippen molar-refractivity contribution in [2.24, 2.45) is 0 Å². The molecule has 8 heteroatoms. The molecule has 0 saturated carbocycles. The fraction of sp³-hybridized carbons (Fsp3) is 0.273. The zero-order chi connectivity index (χ0) is 13.7. The number of anilines is 2. The molecule has 0 aliphatic heterocycles. The second kappa shape index (κ2) is 5.80. The summed E-state index contributed by atoms with van der Waals surface area (Å²) in [7, 11) is 1.71. The van der Waals surface area contributed by atoms with E-state index in [9.17, 15) is 10.1 Å². The predicted octanol–water partition coefficient (Wildman–Crippen LogP) is 1.34. The Morgan fingerprint density at radius 3 is 2.95 bits per heavy atom. The number of hydrogen-bond donors (Lipinski definition) is 2. The van der Waals surface area contributed by atoms with Gasteiger partial charge in [0.05, 0.1) is 11.5 Å². The molecule has 0 amide bonds. The predicted molar refractivity (Wildman–Crippen MR) is 71.2 cm³/mol. The molecule has 2 heterocycles. The van der Waals surface area contributed by atoms with Gasteiger partial charge in [-0.25, -0.2) is 4.98 Å². The molecule has 0 radical (unpaired) electrons. The lowest BCUT2D eigenvalue weighted by molar-refractivity contribution is -0.384. The van der Waals surface area contributed by atoms with Gasteiger partial charge in [-0.3, -0.25) is 14.8 Å². The molecule has 0 spiro atoms. The Morgan fingerprint density at radius 1 is 1.47 bits per heavy atom. The molecule has 2 aromatic rings. The lowest BCUT2D eigenvalue weighted by Gasteiger charge is -2.08. The minimum atomic E-state index is -0.456. The van der Waals surface area contributed by atoms with Gasteiger partial charge in [-0.05, 0) is 12.1 Å². The molecule has 0 aromatic carbocycles. The highest BCUT2D eigenvalue weighted by molar-refractivity contribution is 5.60. The summed E-state index contributed by atoms with van der Waals surface area (Å²) in [4.78, 5) is 14.6. The van der Waals surface area contributed by atoms with Crippen molar-refractivity contribution in [2.75, 3.05) is 24.2 Å². The van der Waals surface area contributed by atoms with E-state index in [0.29, 0.717) is 18.9 Å². The van der Waals surface area contributed by atoms with Crippen molar-refractivity contribution in [3.8, 4) is 0 Å². The molecule has 2 rings (SSSR count). The van der Waals surface area contributed by atoms with E-state index in [1.165, 1.54) is 6.07 Å². The summed E-state index contributed by atoms with van der Waals surface area (Å²) in [6.45, 7) is 1.11. The van der Waals surface area contributed by atoms with E-state index in [1.54, 1.807) is 24.0 Å². The van der Waals surface area contributed by atoms with E-state index in [-0.39, 0.29) is 11.5 Å². The van der Waals surface area contributed by atoms with Crippen LogP contribution in [0.15, 0.2) is 30.6 Å². The number of nitrogens with zero attached hydrogens (tertiary/aromatic N) is 4. The molecule has 0 bridgehead atoms. The van der Waals surface area contributed by atoms with Crippen molar-refractivity contribution in [1.82, 2.24) is 14.8 Å². The quantitative estimate of drug-likeness (QED) is 0.602. The third-order valence-electron chi connectivity index (χ3n) is 2.52. The average molecular weight is 262 g/mol. The van der Waals surface area contributed by atoms with Crippen LogP contribution >= 0.6 is 0 Å². The number of nitro groups is 1. The summed E-state index contributed by atoms with van der Waals surface area (Å²) in [5, 5.41) is 20.7. The summed E-state index contributed by atoms with van der Waals surface area (Å²) in [5.74, 6) is 0.830. The van der Waals surface area contributed by atoms with Gasteiger partial charge >= 0.3 is 5.69 Å². The van der Waals surface area contributed by atoms with Crippen LogP contribution in [0.4, 0.5) is 17.3 Å². The molecule has 0 aliphatic rings.